The molecular formula is C25H39N3O4. The van der Waals surface area contributed by atoms with E-state index in [0.717, 1.165) is 88.7 Å². The second-order valence-corrected chi connectivity index (χ2v) is 9.41. The van der Waals surface area contributed by atoms with Crippen molar-refractivity contribution < 1.29 is 19.0 Å². The average Bonchev–Trinajstić information content (AvgIpc) is 2.86. The molecule has 1 saturated carbocycles. The third kappa shape index (κ3) is 4.61. The molecule has 1 aliphatic carbocycles. The fourth-order valence-corrected chi connectivity index (χ4v) is 6.08. The summed E-state index contributed by atoms with van der Waals surface area (Å²) < 4.78 is 16.6. The van der Waals surface area contributed by atoms with Gasteiger partial charge in [0.25, 0.3) is 0 Å². The summed E-state index contributed by atoms with van der Waals surface area (Å²) in [5.74, 6) is 2.10. The first-order valence-corrected chi connectivity index (χ1v) is 12.1. The van der Waals surface area contributed by atoms with Crippen LogP contribution in [0.5, 0.6) is 11.5 Å². The van der Waals surface area contributed by atoms with Crippen LogP contribution in [-0.2, 0) is 16.1 Å². The Bertz CT molecular complexity index is 760. The Morgan fingerprint density at radius 3 is 2.53 bits per heavy atom. The van der Waals surface area contributed by atoms with Crippen molar-refractivity contribution in [1.29, 1.82) is 0 Å². The first-order chi connectivity index (χ1) is 15.6. The zero-order valence-corrected chi connectivity index (χ0v) is 19.9. The van der Waals surface area contributed by atoms with Crippen molar-refractivity contribution in [2.45, 2.75) is 45.2 Å². The highest BCUT2D eigenvalue weighted by Crippen LogP contribution is 2.48. The number of amides is 1. The molecule has 1 N–H and O–H groups in total. The van der Waals surface area contributed by atoms with Gasteiger partial charge >= 0.3 is 0 Å². The second-order valence-electron chi connectivity index (χ2n) is 9.41. The van der Waals surface area contributed by atoms with E-state index in [4.69, 9.17) is 14.2 Å². The molecule has 7 heteroatoms. The van der Waals surface area contributed by atoms with Crippen LogP contribution >= 0.6 is 0 Å². The van der Waals surface area contributed by atoms with Gasteiger partial charge in [-0.05, 0) is 56.8 Å². The molecule has 2 heterocycles. The van der Waals surface area contributed by atoms with E-state index in [1.165, 1.54) is 0 Å². The Morgan fingerprint density at radius 2 is 1.88 bits per heavy atom. The van der Waals surface area contributed by atoms with Crippen LogP contribution in [0.4, 0.5) is 0 Å². The first kappa shape index (κ1) is 23.3. The second kappa shape index (κ2) is 10.4. The van der Waals surface area contributed by atoms with Gasteiger partial charge < -0.3 is 24.4 Å². The van der Waals surface area contributed by atoms with Gasteiger partial charge in [-0.1, -0.05) is 13.0 Å². The molecule has 0 unspecified atom stereocenters. The largest absolute Gasteiger partial charge is 0.496 e. The molecule has 0 radical (unpaired) electrons. The minimum absolute atomic E-state index is 0.189. The molecule has 0 bridgehead atoms. The predicted molar refractivity (Wildman–Crippen MR) is 124 cm³/mol. The number of benzene rings is 1. The van der Waals surface area contributed by atoms with E-state index in [-0.39, 0.29) is 11.3 Å². The number of ether oxygens (including phenoxy) is 3. The Labute approximate surface area is 192 Å². The fourth-order valence-electron chi connectivity index (χ4n) is 6.08. The van der Waals surface area contributed by atoms with Crippen molar-refractivity contribution in [2.75, 3.05) is 60.2 Å². The lowest BCUT2D eigenvalue weighted by atomic mass is 9.61. The quantitative estimate of drug-likeness (QED) is 0.696. The zero-order valence-electron chi connectivity index (χ0n) is 19.9. The van der Waals surface area contributed by atoms with Gasteiger partial charge in [0.15, 0.2) is 0 Å². The summed E-state index contributed by atoms with van der Waals surface area (Å²) in [6, 6.07) is 6.31. The fraction of sp³-hybridized carbons (Fsp3) is 0.720. The number of fused-ring (bicyclic) bond motifs is 1. The van der Waals surface area contributed by atoms with E-state index in [1.807, 2.05) is 18.2 Å². The standard InChI is InChI=1S/C25H39N3O4/c1-4-27-11-9-19-16-20(28-12-14-32-15-13-28)8-10-25(19,18-27)24(29)26-17-21-22(30-2)6-5-7-23(21)31-3/h5-7,19-20H,4,8-18H2,1-3H3,(H,26,29)/t19-,20+,25-/m1/s1. The van der Waals surface area contributed by atoms with E-state index in [2.05, 4.69) is 22.0 Å². The van der Waals surface area contributed by atoms with Gasteiger partial charge in [-0.3, -0.25) is 9.69 Å². The molecule has 1 amide bonds. The summed E-state index contributed by atoms with van der Waals surface area (Å²) in [7, 11) is 3.31. The van der Waals surface area contributed by atoms with Crippen molar-refractivity contribution in [2.24, 2.45) is 11.3 Å². The topological polar surface area (TPSA) is 63.3 Å². The van der Waals surface area contributed by atoms with Gasteiger partial charge in [0.05, 0.1) is 45.0 Å². The van der Waals surface area contributed by atoms with Crippen molar-refractivity contribution in [3.63, 3.8) is 0 Å². The molecule has 2 aliphatic heterocycles. The number of carbonyl (C=O) groups is 1. The average molecular weight is 446 g/mol. The molecule has 3 aliphatic rings. The highest BCUT2D eigenvalue weighted by Gasteiger charge is 2.52. The molecule has 3 atom stereocenters. The monoisotopic (exact) mass is 445 g/mol. The lowest BCUT2D eigenvalue weighted by Gasteiger charge is -2.53. The number of hydrogen-bond acceptors (Lipinski definition) is 6. The number of hydrogen-bond donors (Lipinski definition) is 1. The minimum atomic E-state index is -0.313. The van der Waals surface area contributed by atoms with Gasteiger partial charge in [0.2, 0.25) is 5.91 Å². The Hall–Kier alpha value is -1.83. The molecular weight excluding hydrogens is 406 g/mol. The summed E-state index contributed by atoms with van der Waals surface area (Å²) >= 11 is 0. The Balaban J connectivity index is 1.50. The third-order valence-electron chi connectivity index (χ3n) is 7.98. The molecule has 0 aromatic heterocycles. The molecule has 178 valence electrons. The minimum Gasteiger partial charge on any atom is -0.496 e. The van der Waals surface area contributed by atoms with Crippen LogP contribution < -0.4 is 14.8 Å². The number of likely N-dealkylation sites (tertiary alicyclic amines) is 1. The number of carbonyl (C=O) groups excluding carboxylic acids is 1. The van der Waals surface area contributed by atoms with Crippen molar-refractivity contribution >= 4 is 5.91 Å². The number of nitrogens with zero attached hydrogens (tertiary/aromatic N) is 2. The van der Waals surface area contributed by atoms with Crippen molar-refractivity contribution in [3.8, 4) is 11.5 Å². The Morgan fingerprint density at radius 1 is 1.16 bits per heavy atom. The van der Waals surface area contributed by atoms with Crippen molar-refractivity contribution in [1.82, 2.24) is 15.1 Å². The molecule has 0 spiro atoms. The SMILES string of the molecule is CCN1CC[C@@H]2C[C@@H](N3CCOCC3)CC[C@@]2(C(=O)NCc2c(OC)cccc2OC)C1. The number of nitrogens with one attached hydrogen (secondary N) is 1. The maximum absolute atomic E-state index is 13.8. The number of piperidine rings is 1. The molecule has 1 aromatic carbocycles. The highest BCUT2D eigenvalue weighted by molar-refractivity contribution is 5.83. The maximum atomic E-state index is 13.8. The van der Waals surface area contributed by atoms with Gasteiger partial charge in [0, 0.05) is 25.7 Å². The lowest BCUT2D eigenvalue weighted by Crippen LogP contribution is -2.60. The summed E-state index contributed by atoms with van der Waals surface area (Å²) in [6.07, 6.45) is 4.24. The first-order valence-electron chi connectivity index (χ1n) is 12.1. The van der Waals surface area contributed by atoms with E-state index < -0.39 is 0 Å². The number of morpholine rings is 1. The van der Waals surface area contributed by atoms with Crippen LogP contribution in [0.15, 0.2) is 18.2 Å². The van der Waals surface area contributed by atoms with Gasteiger partial charge in [-0.2, -0.15) is 0 Å². The van der Waals surface area contributed by atoms with Gasteiger partial charge in [0.1, 0.15) is 11.5 Å². The predicted octanol–water partition coefficient (Wildman–Crippen LogP) is 2.53. The molecule has 1 aromatic rings. The smallest absolute Gasteiger partial charge is 0.228 e. The molecule has 3 fully saturated rings. The van der Waals surface area contributed by atoms with Crippen LogP contribution in [0.2, 0.25) is 0 Å². The Kier molecular flexibility index (Phi) is 7.59. The zero-order chi connectivity index (χ0) is 22.6. The molecule has 2 saturated heterocycles. The lowest BCUT2D eigenvalue weighted by molar-refractivity contribution is -0.145. The van der Waals surface area contributed by atoms with Gasteiger partial charge in [-0.25, -0.2) is 0 Å². The van der Waals surface area contributed by atoms with Crippen LogP contribution in [0.3, 0.4) is 0 Å². The molecule has 4 rings (SSSR count). The summed E-state index contributed by atoms with van der Waals surface area (Å²) in [5, 5.41) is 3.29. The number of methoxy groups -OCH3 is 2. The summed E-state index contributed by atoms with van der Waals surface area (Å²) in [5.41, 5.74) is 0.579. The summed E-state index contributed by atoms with van der Waals surface area (Å²) in [4.78, 5) is 18.9. The summed E-state index contributed by atoms with van der Waals surface area (Å²) in [6.45, 7) is 9.26. The third-order valence-corrected chi connectivity index (χ3v) is 7.98. The molecule has 32 heavy (non-hydrogen) atoms. The normalized spacial score (nSPS) is 29.2. The van der Waals surface area contributed by atoms with E-state index >= 15 is 0 Å². The van der Waals surface area contributed by atoms with Crippen LogP contribution in [0.1, 0.15) is 38.2 Å². The van der Waals surface area contributed by atoms with Crippen LogP contribution in [0.25, 0.3) is 0 Å². The maximum Gasteiger partial charge on any atom is 0.228 e. The van der Waals surface area contributed by atoms with E-state index in [1.54, 1.807) is 14.2 Å². The van der Waals surface area contributed by atoms with E-state index in [9.17, 15) is 4.79 Å². The number of rotatable bonds is 7. The van der Waals surface area contributed by atoms with Crippen molar-refractivity contribution in [3.05, 3.63) is 23.8 Å². The van der Waals surface area contributed by atoms with Gasteiger partial charge in [-0.15, -0.1) is 0 Å². The molecule has 7 nitrogen and oxygen atoms in total. The highest BCUT2D eigenvalue weighted by atomic mass is 16.5. The van der Waals surface area contributed by atoms with Crippen LogP contribution in [-0.4, -0.2) is 81.9 Å². The van der Waals surface area contributed by atoms with Crippen LogP contribution in [0, 0.1) is 11.3 Å². The van der Waals surface area contributed by atoms with E-state index in [0.29, 0.717) is 18.5 Å².